The number of carbonyl (C=O) groups excluding carboxylic acids is 2. The van der Waals surface area contributed by atoms with Gasteiger partial charge in [0.05, 0.1) is 12.7 Å². The first-order valence-electron chi connectivity index (χ1n) is 7.76. The molecule has 2 aromatic heterocycles. The number of hydrogen-bond acceptors (Lipinski definition) is 6. The summed E-state index contributed by atoms with van der Waals surface area (Å²) in [7, 11) is 1.37. The predicted octanol–water partition coefficient (Wildman–Crippen LogP) is 1.48. The van der Waals surface area contributed by atoms with Crippen LogP contribution in [0.15, 0.2) is 30.7 Å². The molecule has 0 saturated heterocycles. The number of hydroxylamine groups is 1. The van der Waals surface area contributed by atoms with E-state index >= 15 is 0 Å². The molecule has 4 N–H and O–H groups in total. The van der Waals surface area contributed by atoms with Crippen LogP contribution in [-0.2, 0) is 4.84 Å². The van der Waals surface area contributed by atoms with E-state index in [1.54, 1.807) is 29.8 Å². The van der Waals surface area contributed by atoms with Crippen LogP contribution in [0.2, 0.25) is 0 Å². The monoisotopic (exact) mass is 354 g/mol. The molecule has 0 saturated carbocycles. The largest absolute Gasteiger partial charge is 0.366 e. The zero-order valence-corrected chi connectivity index (χ0v) is 14.5. The van der Waals surface area contributed by atoms with Crippen molar-refractivity contribution in [2.45, 2.75) is 13.8 Å². The maximum Gasteiger partial charge on any atom is 0.274 e. The molecule has 9 nitrogen and oxygen atoms in total. The van der Waals surface area contributed by atoms with E-state index in [2.05, 4.69) is 25.7 Å². The number of amides is 2. The second kappa shape index (κ2) is 6.81. The molecule has 0 aliphatic rings. The summed E-state index contributed by atoms with van der Waals surface area (Å²) in [6.07, 6.45) is 2.94. The van der Waals surface area contributed by atoms with Gasteiger partial charge < -0.3 is 11.1 Å². The molecule has 3 aromatic rings. The number of hydrogen-bond donors (Lipinski definition) is 3. The fourth-order valence-corrected chi connectivity index (χ4v) is 2.68. The van der Waals surface area contributed by atoms with Gasteiger partial charge in [-0.15, -0.1) is 0 Å². The standard InChI is InChI=1S/C17H18N6O3/c1-9-4-5-11(17(25)22-26-3)6-13(9)21-16-14-10(2)12(15(18)24)7-23(14)20-8-19-16/h4-8H,1-3H3,(H2,18,24)(H,22,25)(H,19,20,21). The third-order valence-electron chi connectivity index (χ3n) is 4.04. The Balaban J connectivity index is 2.05. The molecule has 0 bridgehead atoms. The van der Waals surface area contributed by atoms with Gasteiger partial charge in [0, 0.05) is 17.4 Å². The number of primary amides is 1. The summed E-state index contributed by atoms with van der Waals surface area (Å²) in [5, 5.41) is 7.32. The Morgan fingerprint density at radius 3 is 2.73 bits per heavy atom. The number of nitrogens with zero attached hydrogens (tertiary/aromatic N) is 3. The van der Waals surface area contributed by atoms with Gasteiger partial charge in [0.1, 0.15) is 11.8 Å². The number of carbonyl (C=O) groups is 2. The number of nitrogens with one attached hydrogen (secondary N) is 2. The zero-order valence-electron chi connectivity index (χ0n) is 14.5. The lowest BCUT2D eigenvalue weighted by Crippen LogP contribution is -2.21. The van der Waals surface area contributed by atoms with Crippen molar-refractivity contribution in [2.75, 3.05) is 12.4 Å². The van der Waals surface area contributed by atoms with Crippen molar-refractivity contribution < 1.29 is 14.4 Å². The molecule has 2 amide bonds. The van der Waals surface area contributed by atoms with E-state index in [-0.39, 0.29) is 5.91 Å². The lowest BCUT2D eigenvalue weighted by molar-refractivity contribution is 0.0537. The van der Waals surface area contributed by atoms with Crippen LogP contribution in [0.4, 0.5) is 11.5 Å². The molecule has 0 unspecified atom stereocenters. The van der Waals surface area contributed by atoms with Crippen LogP contribution in [0, 0.1) is 13.8 Å². The Labute approximate surface area is 149 Å². The van der Waals surface area contributed by atoms with Crippen LogP contribution >= 0.6 is 0 Å². The summed E-state index contributed by atoms with van der Waals surface area (Å²) in [6, 6.07) is 5.19. The second-order valence-electron chi connectivity index (χ2n) is 5.72. The average Bonchev–Trinajstić information content (AvgIpc) is 2.95. The molecule has 3 rings (SSSR count). The van der Waals surface area contributed by atoms with Crippen LogP contribution < -0.4 is 16.5 Å². The van der Waals surface area contributed by atoms with Crippen molar-refractivity contribution in [3.63, 3.8) is 0 Å². The van der Waals surface area contributed by atoms with Crippen molar-refractivity contribution in [2.24, 2.45) is 5.73 Å². The van der Waals surface area contributed by atoms with Crippen molar-refractivity contribution in [1.29, 1.82) is 0 Å². The van der Waals surface area contributed by atoms with Gasteiger partial charge in [-0.2, -0.15) is 5.10 Å². The van der Waals surface area contributed by atoms with Crippen molar-refractivity contribution in [1.82, 2.24) is 20.1 Å². The minimum Gasteiger partial charge on any atom is -0.366 e. The summed E-state index contributed by atoms with van der Waals surface area (Å²) in [6.45, 7) is 3.68. The molecule has 0 aliphatic heterocycles. The molecular formula is C17H18N6O3. The fourth-order valence-electron chi connectivity index (χ4n) is 2.68. The minimum atomic E-state index is -0.534. The van der Waals surface area contributed by atoms with Crippen LogP contribution in [-0.4, -0.2) is 33.5 Å². The molecule has 9 heteroatoms. The Morgan fingerprint density at radius 1 is 1.27 bits per heavy atom. The Bertz CT molecular complexity index is 1010. The van der Waals surface area contributed by atoms with Crippen LogP contribution in [0.25, 0.3) is 5.52 Å². The molecule has 26 heavy (non-hydrogen) atoms. The van der Waals surface area contributed by atoms with Crippen molar-refractivity contribution >= 4 is 28.8 Å². The highest BCUT2D eigenvalue weighted by Gasteiger charge is 2.17. The topological polar surface area (TPSA) is 124 Å². The Hall–Kier alpha value is -3.46. The predicted molar refractivity (Wildman–Crippen MR) is 95.2 cm³/mol. The number of nitrogens with two attached hydrogens (primary N) is 1. The first-order chi connectivity index (χ1) is 12.4. The fraction of sp³-hybridized carbons (Fsp3) is 0.176. The summed E-state index contributed by atoms with van der Waals surface area (Å²) in [5.74, 6) is -0.399. The van der Waals surface area contributed by atoms with Gasteiger partial charge in [0.15, 0.2) is 5.82 Å². The smallest absolute Gasteiger partial charge is 0.274 e. The first kappa shape index (κ1) is 17.4. The van der Waals surface area contributed by atoms with E-state index in [1.807, 2.05) is 13.0 Å². The Kier molecular flexibility index (Phi) is 4.55. The molecule has 134 valence electrons. The number of aryl methyl sites for hydroxylation is 2. The molecule has 0 spiro atoms. The van der Waals surface area contributed by atoms with E-state index in [0.717, 1.165) is 5.56 Å². The van der Waals surface area contributed by atoms with Gasteiger partial charge in [-0.1, -0.05) is 6.07 Å². The van der Waals surface area contributed by atoms with E-state index in [0.29, 0.717) is 33.7 Å². The lowest BCUT2D eigenvalue weighted by atomic mass is 10.1. The summed E-state index contributed by atoms with van der Waals surface area (Å²) < 4.78 is 1.54. The average molecular weight is 354 g/mol. The SMILES string of the molecule is CONC(=O)c1ccc(C)c(Nc2ncnn3cc(C(N)=O)c(C)c23)c1. The maximum absolute atomic E-state index is 12.0. The summed E-state index contributed by atoms with van der Waals surface area (Å²) >= 11 is 0. The van der Waals surface area contributed by atoms with Gasteiger partial charge in [-0.05, 0) is 37.1 Å². The molecule has 0 aliphatic carbocycles. The normalized spacial score (nSPS) is 10.7. The third-order valence-corrected chi connectivity index (χ3v) is 4.04. The lowest BCUT2D eigenvalue weighted by Gasteiger charge is -2.12. The number of benzene rings is 1. The van der Waals surface area contributed by atoms with Gasteiger partial charge in [0.2, 0.25) is 0 Å². The van der Waals surface area contributed by atoms with E-state index in [9.17, 15) is 9.59 Å². The van der Waals surface area contributed by atoms with E-state index in [1.165, 1.54) is 13.4 Å². The number of rotatable bonds is 5. The number of fused-ring (bicyclic) bond motifs is 1. The van der Waals surface area contributed by atoms with Gasteiger partial charge in [0.25, 0.3) is 11.8 Å². The molecule has 0 atom stereocenters. The highest BCUT2D eigenvalue weighted by molar-refractivity contribution is 5.98. The second-order valence-corrected chi connectivity index (χ2v) is 5.72. The van der Waals surface area contributed by atoms with Gasteiger partial charge in [-0.25, -0.2) is 15.0 Å². The minimum absolute atomic E-state index is 0.363. The number of anilines is 2. The zero-order chi connectivity index (χ0) is 18.8. The molecule has 0 fully saturated rings. The van der Waals surface area contributed by atoms with E-state index in [4.69, 9.17) is 5.73 Å². The molecular weight excluding hydrogens is 336 g/mol. The highest BCUT2D eigenvalue weighted by Crippen LogP contribution is 2.27. The first-order valence-corrected chi connectivity index (χ1v) is 7.76. The molecule has 2 heterocycles. The Morgan fingerprint density at radius 2 is 2.04 bits per heavy atom. The third kappa shape index (κ3) is 3.07. The quantitative estimate of drug-likeness (QED) is 0.596. The van der Waals surface area contributed by atoms with Gasteiger partial charge in [-0.3, -0.25) is 14.4 Å². The van der Waals surface area contributed by atoms with Crippen LogP contribution in [0.3, 0.4) is 0 Å². The van der Waals surface area contributed by atoms with E-state index < -0.39 is 5.91 Å². The van der Waals surface area contributed by atoms with Crippen LogP contribution in [0.1, 0.15) is 31.8 Å². The van der Waals surface area contributed by atoms with Crippen molar-refractivity contribution in [3.05, 3.63) is 53.0 Å². The van der Waals surface area contributed by atoms with Crippen LogP contribution in [0.5, 0.6) is 0 Å². The number of aromatic nitrogens is 3. The summed E-state index contributed by atoms with van der Waals surface area (Å²) in [4.78, 5) is 32.5. The maximum atomic E-state index is 12.0. The van der Waals surface area contributed by atoms with Gasteiger partial charge >= 0.3 is 0 Å². The molecule has 1 aromatic carbocycles. The van der Waals surface area contributed by atoms with Crippen molar-refractivity contribution in [3.8, 4) is 0 Å². The highest BCUT2D eigenvalue weighted by atomic mass is 16.6. The molecule has 0 radical (unpaired) electrons. The summed E-state index contributed by atoms with van der Waals surface area (Å²) in [5.41, 5.74) is 11.4.